The molecule has 0 fully saturated rings. The number of nitrogens with zero attached hydrogens (tertiary/aromatic N) is 3. The summed E-state index contributed by atoms with van der Waals surface area (Å²) in [5.74, 6) is 1.62. The molecule has 0 aliphatic carbocycles. The maximum atomic E-state index is 10.1. The van der Waals surface area contributed by atoms with Crippen molar-refractivity contribution in [2.75, 3.05) is 20.2 Å². The molecule has 2 aromatic carbocycles. The van der Waals surface area contributed by atoms with Gasteiger partial charge in [-0.25, -0.2) is 9.67 Å². The molecule has 3 N–H and O–H groups in total. The number of rotatable bonds is 8. The summed E-state index contributed by atoms with van der Waals surface area (Å²) in [5, 5.41) is 21.4. The molecule has 0 saturated carbocycles. The maximum Gasteiger partial charge on any atom is 0.191 e. The van der Waals surface area contributed by atoms with Gasteiger partial charge in [-0.3, -0.25) is 0 Å². The van der Waals surface area contributed by atoms with Gasteiger partial charge in [0.2, 0.25) is 0 Å². The van der Waals surface area contributed by atoms with E-state index in [0.717, 1.165) is 40.7 Å². The van der Waals surface area contributed by atoms with Crippen LogP contribution in [-0.2, 0) is 13.0 Å². The van der Waals surface area contributed by atoms with Gasteiger partial charge in [-0.2, -0.15) is 5.10 Å². The van der Waals surface area contributed by atoms with Gasteiger partial charge >= 0.3 is 0 Å². The minimum Gasteiger partial charge on any atom is -0.508 e. The molecule has 3 rings (SSSR count). The molecule has 0 atom stereocenters. The van der Waals surface area contributed by atoms with Crippen LogP contribution in [-0.4, -0.2) is 41.0 Å². The average Bonchev–Trinajstić information content (AvgIpc) is 3.10. The first kappa shape index (κ1) is 22.2. The molecule has 0 aliphatic rings. The fourth-order valence-corrected chi connectivity index (χ4v) is 3.43. The molecule has 0 spiro atoms. The van der Waals surface area contributed by atoms with Crippen LogP contribution in [0.2, 0.25) is 0 Å². The SMILES string of the molecule is CCNC(=NCc1ccccc1-n1nc(C)cc1C)NCCc1ccc(OC)cc1O. The highest BCUT2D eigenvalue weighted by Crippen LogP contribution is 2.23. The number of ether oxygens (including phenoxy) is 1. The number of aromatic nitrogens is 2. The Hall–Kier alpha value is -3.48. The fraction of sp³-hybridized carbons (Fsp3) is 0.333. The van der Waals surface area contributed by atoms with Crippen molar-refractivity contribution in [2.24, 2.45) is 4.99 Å². The Balaban J connectivity index is 1.69. The van der Waals surface area contributed by atoms with Gasteiger partial charge in [-0.05, 0) is 56.5 Å². The topological polar surface area (TPSA) is 83.7 Å². The van der Waals surface area contributed by atoms with Crippen LogP contribution < -0.4 is 15.4 Å². The average molecular weight is 422 g/mol. The number of hydrogen-bond acceptors (Lipinski definition) is 4. The Morgan fingerprint density at radius 2 is 1.90 bits per heavy atom. The number of guanidine groups is 1. The van der Waals surface area contributed by atoms with Gasteiger partial charge < -0.3 is 20.5 Å². The quantitative estimate of drug-likeness (QED) is 0.383. The first-order valence-corrected chi connectivity index (χ1v) is 10.5. The first-order valence-electron chi connectivity index (χ1n) is 10.5. The van der Waals surface area contributed by atoms with E-state index in [1.165, 1.54) is 0 Å². The third-order valence-electron chi connectivity index (χ3n) is 4.96. The molecule has 0 aliphatic heterocycles. The number of aryl methyl sites for hydroxylation is 2. The number of para-hydroxylation sites is 1. The Labute approximate surface area is 183 Å². The van der Waals surface area contributed by atoms with E-state index in [-0.39, 0.29) is 5.75 Å². The zero-order valence-electron chi connectivity index (χ0n) is 18.6. The van der Waals surface area contributed by atoms with E-state index in [0.29, 0.717) is 25.3 Å². The van der Waals surface area contributed by atoms with Crippen molar-refractivity contribution in [3.63, 3.8) is 0 Å². The Bertz CT molecular complexity index is 1040. The molecule has 31 heavy (non-hydrogen) atoms. The second-order valence-corrected chi connectivity index (χ2v) is 7.33. The lowest BCUT2D eigenvalue weighted by Crippen LogP contribution is -2.38. The first-order chi connectivity index (χ1) is 15.0. The summed E-state index contributed by atoms with van der Waals surface area (Å²) >= 11 is 0. The lowest BCUT2D eigenvalue weighted by Gasteiger charge is -2.13. The molecule has 7 heteroatoms. The summed E-state index contributed by atoms with van der Waals surface area (Å²) in [5.41, 5.74) is 5.08. The van der Waals surface area contributed by atoms with Gasteiger partial charge in [0.05, 0.1) is 25.0 Å². The summed E-state index contributed by atoms with van der Waals surface area (Å²) in [6.45, 7) is 8.02. The number of phenols is 1. The van der Waals surface area contributed by atoms with Crippen LogP contribution >= 0.6 is 0 Å². The van der Waals surface area contributed by atoms with E-state index in [4.69, 9.17) is 9.73 Å². The van der Waals surface area contributed by atoms with E-state index in [9.17, 15) is 5.11 Å². The molecular formula is C24H31N5O2. The molecule has 1 aromatic heterocycles. The van der Waals surface area contributed by atoms with Crippen LogP contribution in [0, 0.1) is 13.8 Å². The Kier molecular flexibility index (Phi) is 7.54. The van der Waals surface area contributed by atoms with E-state index in [2.05, 4.69) is 40.9 Å². The predicted octanol–water partition coefficient (Wildman–Crippen LogP) is 3.50. The van der Waals surface area contributed by atoms with Gasteiger partial charge in [0, 0.05) is 24.8 Å². The van der Waals surface area contributed by atoms with Crippen LogP contribution in [0.1, 0.15) is 29.4 Å². The molecule has 0 unspecified atom stereocenters. The maximum absolute atomic E-state index is 10.1. The summed E-state index contributed by atoms with van der Waals surface area (Å²) in [7, 11) is 1.59. The van der Waals surface area contributed by atoms with E-state index >= 15 is 0 Å². The van der Waals surface area contributed by atoms with Crippen molar-refractivity contribution in [1.82, 2.24) is 20.4 Å². The lowest BCUT2D eigenvalue weighted by atomic mass is 10.1. The Morgan fingerprint density at radius 1 is 1.10 bits per heavy atom. The molecule has 0 saturated heterocycles. The number of aliphatic imine (C=N–C) groups is 1. The smallest absolute Gasteiger partial charge is 0.191 e. The number of benzene rings is 2. The highest BCUT2D eigenvalue weighted by molar-refractivity contribution is 5.79. The molecule has 0 bridgehead atoms. The number of aromatic hydroxyl groups is 1. The van der Waals surface area contributed by atoms with Crippen molar-refractivity contribution in [3.8, 4) is 17.2 Å². The zero-order chi connectivity index (χ0) is 22.2. The van der Waals surface area contributed by atoms with Crippen molar-refractivity contribution in [1.29, 1.82) is 0 Å². The predicted molar refractivity (Wildman–Crippen MR) is 124 cm³/mol. The monoisotopic (exact) mass is 421 g/mol. The number of methoxy groups -OCH3 is 1. The van der Waals surface area contributed by atoms with Gasteiger partial charge in [0.1, 0.15) is 11.5 Å². The molecule has 1 heterocycles. The van der Waals surface area contributed by atoms with Crippen molar-refractivity contribution < 1.29 is 9.84 Å². The van der Waals surface area contributed by atoms with Crippen molar-refractivity contribution in [2.45, 2.75) is 33.7 Å². The highest BCUT2D eigenvalue weighted by atomic mass is 16.5. The highest BCUT2D eigenvalue weighted by Gasteiger charge is 2.09. The Morgan fingerprint density at radius 3 is 2.58 bits per heavy atom. The van der Waals surface area contributed by atoms with Crippen molar-refractivity contribution >= 4 is 5.96 Å². The third kappa shape index (κ3) is 5.78. The largest absolute Gasteiger partial charge is 0.508 e. The normalized spacial score (nSPS) is 11.4. The van der Waals surface area contributed by atoms with Gasteiger partial charge in [-0.1, -0.05) is 24.3 Å². The van der Waals surface area contributed by atoms with E-state index < -0.39 is 0 Å². The third-order valence-corrected chi connectivity index (χ3v) is 4.96. The second-order valence-electron chi connectivity index (χ2n) is 7.33. The van der Waals surface area contributed by atoms with Gasteiger partial charge in [0.25, 0.3) is 0 Å². The summed E-state index contributed by atoms with van der Waals surface area (Å²) < 4.78 is 7.10. The number of phenolic OH excluding ortho intramolecular Hbond substituents is 1. The van der Waals surface area contributed by atoms with Crippen molar-refractivity contribution in [3.05, 3.63) is 71.0 Å². The summed E-state index contributed by atoms with van der Waals surface area (Å²) in [6, 6.07) is 15.6. The molecule has 0 amide bonds. The number of hydrogen-bond donors (Lipinski definition) is 3. The second kappa shape index (κ2) is 10.5. The van der Waals surface area contributed by atoms with Gasteiger partial charge in [0.15, 0.2) is 5.96 Å². The summed E-state index contributed by atoms with van der Waals surface area (Å²) in [4.78, 5) is 4.76. The standard InChI is InChI=1S/C24H31N5O2/c1-5-25-24(26-13-12-19-10-11-21(31-4)15-23(19)30)27-16-20-8-6-7-9-22(20)29-18(3)14-17(2)28-29/h6-11,14-15,30H,5,12-13,16H2,1-4H3,(H2,25,26,27). The summed E-state index contributed by atoms with van der Waals surface area (Å²) in [6.07, 6.45) is 0.669. The van der Waals surface area contributed by atoms with Crippen LogP contribution in [0.15, 0.2) is 53.5 Å². The van der Waals surface area contributed by atoms with E-state index in [1.807, 2.05) is 42.8 Å². The molecule has 0 radical (unpaired) electrons. The molecule has 7 nitrogen and oxygen atoms in total. The molecule has 164 valence electrons. The van der Waals surface area contributed by atoms with Crippen LogP contribution in [0.5, 0.6) is 11.5 Å². The van der Waals surface area contributed by atoms with Gasteiger partial charge in [-0.15, -0.1) is 0 Å². The molecular weight excluding hydrogens is 390 g/mol. The minimum atomic E-state index is 0.238. The van der Waals surface area contributed by atoms with Crippen LogP contribution in [0.4, 0.5) is 0 Å². The van der Waals surface area contributed by atoms with Crippen LogP contribution in [0.3, 0.4) is 0 Å². The molecule has 3 aromatic rings. The lowest BCUT2D eigenvalue weighted by molar-refractivity contribution is 0.406. The minimum absolute atomic E-state index is 0.238. The number of nitrogens with one attached hydrogen (secondary N) is 2. The van der Waals surface area contributed by atoms with E-state index in [1.54, 1.807) is 13.2 Å². The van der Waals surface area contributed by atoms with Crippen LogP contribution in [0.25, 0.3) is 5.69 Å². The fourth-order valence-electron chi connectivity index (χ4n) is 3.43. The zero-order valence-corrected chi connectivity index (χ0v) is 18.6.